The van der Waals surface area contributed by atoms with Gasteiger partial charge in [0.1, 0.15) is 11.6 Å². The van der Waals surface area contributed by atoms with Crippen LogP contribution >= 0.6 is 0 Å². The fraction of sp³-hybridized carbons (Fsp3) is 0.167. The van der Waals surface area contributed by atoms with Crippen molar-refractivity contribution in [2.75, 3.05) is 11.9 Å². The normalized spacial score (nSPS) is 11.4. The molecule has 2 N–H and O–H groups in total. The number of hydrogen-bond donors (Lipinski definition) is 2. The summed E-state index contributed by atoms with van der Waals surface area (Å²) in [6, 6.07) is 20.2. The van der Waals surface area contributed by atoms with E-state index in [1.807, 2.05) is 61.5 Å². The predicted molar refractivity (Wildman–Crippen MR) is 114 cm³/mol. The van der Waals surface area contributed by atoms with E-state index < -0.39 is 17.8 Å². The third-order valence-electron chi connectivity index (χ3n) is 4.46. The van der Waals surface area contributed by atoms with E-state index in [1.165, 1.54) is 19.1 Å². The first-order valence-electron chi connectivity index (χ1n) is 9.63. The van der Waals surface area contributed by atoms with Crippen molar-refractivity contribution in [3.8, 4) is 5.75 Å². The molecule has 0 saturated heterocycles. The number of nitrogens with one attached hydrogen (secondary N) is 2. The molecule has 3 rings (SSSR count). The van der Waals surface area contributed by atoms with Gasteiger partial charge in [-0.1, -0.05) is 42.5 Å². The maximum Gasteiger partial charge on any atom is 0.255 e. The number of anilines is 1. The van der Waals surface area contributed by atoms with E-state index in [-0.39, 0.29) is 11.5 Å². The SMILES string of the molecule is CCOc1ccc(C(NC(=O)c2cc(NC(C)=O)ccc2F)c2ccccc2)cc1. The summed E-state index contributed by atoms with van der Waals surface area (Å²) in [5, 5.41) is 5.47. The standard InChI is InChI=1S/C24H23FN2O3/c1-3-30-20-12-9-18(10-13-20)23(17-7-5-4-6-8-17)27-24(29)21-15-19(26-16(2)28)11-14-22(21)25/h4-15,23H,3H2,1-2H3,(H,26,28)(H,27,29). The molecule has 3 aromatic carbocycles. The molecule has 1 unspecified atom stereocenters. The molecule has 0 spiro atoms. The molecule has 3 aromatic rings. The predicted octanol–water partition coefficient (Wildman–Crippen LogP) is 4.70. The molecule has 0 radical (unpaired) electrons. The highest BCUT2D eigenvalue weighted by Crippen LogP contribution is 2.25. The maximum atomic E-state index is 14.4. The van der Waals surface area contributed by atoms with Crippen LogP contribution in [0.15, 0.2) is 72.8 Å². The summed E-state index contributed by atoms with van der Waals surface area (Å²) in [7, 11) is 0. The molecule has 1 atom stereocenters. The van der Waals surface area contributed by atoms with Crippen molar-refractivity contribution in [3.63, 3.8) is 0 Å². The second kappa shape index (κ2) is 9.69. The maximum absolute atomic E-state index is 14.4. The van der Waals surface area contributed by atoms with Crippen LogP contribution < -0.4 is 15.4 Å². The van der Waals surface area contributed by atoms with Gasteiger partial charge in [-0.15, -0.1) is 0 Å². The number of ether oxygens (including phenoxy) is 1. The van der Waals surface area contributed by atoms with E-state index in [2.05, 4.69) is 10.6 Å². The molecular weight excluding hydrogens is 383 g/mol. The van der Waals surface area contributed by atoms with Crippen molar-refractivity contribution in [3.05, 3.63) is 95.3 Å². The fourth-order valence-electron chi connectivity index (χ4n) is 3.12. The quantitative estimate of drug-likeness (QED) is 0.598. The van der Waals surface area contributed by atoms with Gasteiger partial charge >= 0.3 is 0 Å². The van der Waals surface area contributed by atoms with E-state index in [0.717, 1.165) is 22.9 Å². The summed E-state index contributed by atoms with van der Waals surface area (Å²) < 4.78 is 19.8. The first-order valence-corrected chi connectivity index (χ1v) is 9.63. The van der Waals surface area contributed by atoms with Gasteiger partial charge < -0.3 is 15.4 Å². The van der Waals surface area contributed by atoms with E-state index in [0.29, 0.717) is 12.3 Å². The molecular formula is C24H23FN2O3. The number of halogens is 1. The molecule has 5 nitrogen and oxygen atoms in total. The van der Waals surface area contributed by atoms with E-state index in [4.69, 9.17) is 4.74 Å². The van der Waals surface area contributed by atoms with Gasteiger partial charge in [0, 0.05) is 12.6 Å². The number of carbonyl (C=O) groups excluding carboxylic acids is 2. The van der Waals surface area contributed by atoms with Crippen LogP contribution in [0.5, 0.6) is 5.75 Å². The van der Waals surface area contributed by atoms with E-state index in [1.54, 1.807) is 0 Å². The number of benzene rings is 3. The lowest BCUT2D eigenvalue weighted by molar-refractivity contribution is -0.114. The number of carbonyl (C=O) groups is 2. The molecule has 0 aliphatic heterocycles. The summed E-state index contributed by atoms with van der Waals surface area (Å²) in [5.41, 5.74) is 1.89. The Kier molecular flexibility index (Phi) is 6.80. The summed E-state index contributed by atoms with van der Waals surface area (Å²) in [5.74, 6) is -0.819. The molecule has 0 aliphatic rings. The van der Waals surface area contributed by atoms with Crippen LogP contribution in [0, 0.1) is 5.82 Å². The Bertz CT molecular complexity index is 1020. The molecule has 0 bridgehead atoms. The minimum Gasteiger partial charge on any atom is -0.494 e. The lowest BCUT2D eigenvalue weighted by Gasteiger charge is -2.21. The van der Waals surface area contributed by atoms with Crippen LogP contribution in [0.25, 0.3) is 0 Å². The Morgan fingerprint density at radius 3 is 2.27 bits per heavy atom. The van der Waals surface area contributed by atoms with Crippen molar-refractivity contribution >= 4 is 17.5 Å². The molecule has 30 heavy (non-hydrogen) atoms. The zero-order chi connectivity index (χ0) is 21.5. The molecule has 0 fully saturated rings. The summed E-state index contributed by atoms with van der Waals surface area (Å²) >= 11 is 0. The van der Waals surface area contributed by atoms with E-state index >= 15 is 0 Å². The highest BCUT2D eigenvalue weighted by Gasteiger charge is 2.20. The fourth-order valence-corrected chi connectivity index (χ4v) is 3.12. The second-order valence-electron chi connectivity index (χ2n) is 6.70. The summed E-state index contributed by atoms with van der Waals surface area (Å²) in [6.45, 7) is 3.81. The zero-order valence-corrected chi connectivity index (χ0v) is 16.8. The first kappa shape index (κ1) is 21.0. The van der Waals surface area contributed by atoms with E-state index in [9.17, 15) is 14.0 Å². The molecule has 2 amide bonds. The number of rotatable bonds is 7. The Balaban J connectivity index is 1.92. The monoisotopic (exact) mass is 406 g/mol. The van der Waals surface area contributed by atoms with Gasteiger partial charge in [0.2, 0.25) is 5.91 Å². The third-order valence-corrected chi connectivity index (χ3v) is 4.46. The Morgan fingerprint density at radius 2 is 1.63 bits per heavy atom. The van der Waals surface area contributed by atoms with Crippen molar-refractivity contribution < 1.29 is 18.7 Å². The van der Waals surface area contributed by atoms with Gasteiger partial charge in [0.05, 0.1) is 18.2 Å². The molecule has 0 aliphatic carbocycles. The first-order chi connectivity index (χ1) is 14.5. The molecule has 0 aromatic heterocycles. The largest absolute Gasteiger partial charge is 0.494 e. The number of hydrogen-bond acceptors (Lipinski definition) is 3. The van der Waals surface area contributed by atoms with Crippen LogP contribution in [-0.2, 0) is 4.79 Å². The molecule has 0 heterocycles. The van der Waals surface area contributed by atoms with Gasteiger partial charge in [0.25, 0.3) is 5.91 Å². The number of amides is 2. The van der Waals surface area contributed by atoms with Gasteiger partial charge in [-0.3, -0.25) is 9.59 Å². The Morgan fingerprint density at radius 1 is 0.967 bits per heavy atom. The zero-order valence-electron chi connectivity index (χ0n) is 16.8. The summed E-state index contributed by atoms with van der Waals surface area (Å²) in [4.78, 5) is 24.2. The minimum atomic E-state index is -0.667. The Labute approximate surface area is 174 Å². The average molecular weight is 406 g/mol. The van der Waals surface area contributed by atoms with Crippen molar-refractivity contribution in [2.24, 2.45) is 0 Å². The topological polar surface area (TPSA) is 67.4 Å². The highest BCUT2D eigenvalue weighted by molar-refractivity contribution is 5.97. The van der Waals surface area contributed by atoms with Crippen LogP contribution in [0.4, 0.5) is 10.1 Å². The lowest BCUT2D eigenvalue weighted by Crippen LogP contribution is -2.30. The van der Waals surface area contributed by atoms with Gasteiger partial charge in [0.15, 0.2) is 0 Å². The summed E-state index contributed by atoms with van der Waals surface area (Å²) in [6.07, 6.45) is 0. The molecule has 0 saturated carbocycles. The van der Waals surface area contributed by atoms with Crippen LogP contribution in [0.3, 0.4) is 0 Å². The minimum absolute atomic E-state index is 0.145. The molecule has 6 heteroatoms. The third kappa shape index (κ3) is 5.23. The van der Waals surface area contributed by atoms with Gasteiger partial charge in [-0.25, -0.2) is 4.39 Å². The Hall–Kier alpha value is -3.67. The average Bonchev–Trinajstić information content (AvgIpc) is 2.74. The highest BCUT2D eigenvalue weighted by atomic mass is 19.1. The van der Waals surface area contributed by atoms with Gasteiger partial charge in [-0.2, -0.15) is 0 Å². The van der Waals surface area contributed by atoms with Gasteiger partial charge in [-0.05, 0) is 48.4 Å². The van der Waals surface area contributed by atoms with Crippen molar-refractivity contribution in [1.29, 1.82) is 0 Å². The van der Waals surface area contributed by atoms with Crippen molar-refractivity contribution in [1.82, 2.24) is 5.32 Å². The lowest BCUT2D eigenvalue weighted by atomic mass is 9.98. The van der Waals surface area contributed by atoms with Crippen LogP contribution in [-0.4, -0.2) is 18.4 Å². The molecule has 154 valence electrons. The smallest absolute Gasteiger partial charge is 0.255 e. The second-order valence-corrected chi connectivity index (χ2v) is 6.70. The van der Waals surface area contributed by atoms with Crippen LogP contribution in [0.1, 0.15) is 41.4 Å². The van der Waals surface area contributed by atoms with Crippen molar-refractivity contribution in [2.45, 2.75) is 19.9 Å². The van der Waals surface area contributed by atoms with Crippen LogP contribution in [0.2, 0.25) is 0 Å².